The van der Waals surface area contributed by atoms with Gasteiger partial charge in [-0.2, -0.15) is 0 Å². The molecule has 0 radical (unpaired) electrons. The summed E-state index contributed by atoms with van der Waals surface area (Å²) < 4.78 is 78.3. The standard InChI is InChI=1S/C54H80N2O17/c1-8-44(42-37-49(62-5)52(64-7)50(38-42)63-6)53(58)56-21-11-10-15-45(56)54(59)73-46(18-16-40-17-19-47(60-3)48(35-40)61-4)41-13-12-14-43(36-41)72-39-51(57)55-20-22-66-25-26-68-29-30-70-33-34-71-32-31-69-28-27-67-24-23-65-9-2/h12-14,17,19,35-38,44-46H,8-11,15-16,18,20-34,39H2,1-7H3,(H,55,57)/t44-,45-,46+/m0/s1. The van der Waals surface area contributed by atoms with E-state index in [1.165, 1.54) is 21.3 Å². The predicted molar refractivity (Wildman–Crippen MR) is 272 cm³/mol. The minimum Gasteiger partial charge on any atom is -0.493 e. The molecule has 408 valence electrons. The van der Waals surface area contributed by atoms with Crippen LogP contribution in [0.5, 0.6) is 34.5 Å². The first-order chi connectivity index (χ1) is 35.7. The molecular formula is C54H80N2O17. The van der Waals surface area contributed by atoms with Crippen LogP contribution in [0.15, 0.2) is 54.6 Å². The number of methoxy groups -OCH3 is 5. The van der Waals surface area contributed by atoms with Gasteiger partial charge in [-0.1, -0.05) is 25.1 Å². The molecule has 3 aromatic carbocycles. The molecule has 73 heavy (non-hydrogen) atoms. The minimum atomic E-state index is -0.804. The van der Waals surface area contributed by atoms with Crippen molar-refractivity contribution >= 4 is 17.8 Å². The van der Waals surface area contributed by atoms with E-state index in [1.807, 2.05) is 38.1 Å². The molecule has 19 heteroatoms. The summed E-state index contributed by atoms with van der Waals surface area (Å²) in [6.45, 7) is 11.0. The zero-order valence-corrected chi connectivity index (χ0v) is 44.1. The Morgan fingerprint density at radius 1 is 0.616 bits per heavy atom. The number of aryl methyl sites for hydroxylation is 1. The number of hydrogen-bond acceptors (Lipinski definition) is 17. The number of carbonyl (C=O) groups is 3. The van der Waals surface area contributed by atoms with E-state index >= 15 is 0 Å². The van der Waals surface area contributed by atoms with E-state index < -0.39 is 24.0 Å². The highest BCUT2D eigenvalue weighted by atomic mass is 16.6. The van der Waals surface area contributed by atoms with E-state index in [9.17, 15) is 14.4 Å². The van der Waals surface area contributed by atoms with Gasteiger partial charge in [0.25, 0.3) is 5.91 Å². The highest BCUT2D eigenvalue weighted by Gasteiger charge is 2.38. The summed E-state index contributed by atoms with van der Waals surface area (Å²) in [5.74, 6) is 1.31. The molecule has 3 atom stereocenters. The summed E-state index contributed by atoms with van der Waals surface area (Å²) in [6, 6.07) is 15.6. The second kappa shape index (κ2) is 35.7. The van der Waals surface area contributed by atoms with E-state index in [2.05, 4.69) is 5.32 Å². The van der Waals surface area contributed by atoms with Crippen molar-refractivity contribution in [1.29, 1.82) is 0 Å². The molecule has 0 unspecified atom stereocenters. The van der Waals surface area contributed by atoms with Gasteiger partial charge in [-0.05, 0) is 98.5 Å². The maximum atomic E-state index is 14.5. The lowest BCUT2D eigenvalue weighted by molar-refractivity contribution is -0.162. The number of hydrogen-bond donors (Lipinski definition) is 1. The first-order valence-corrected chi connectivity index (χ1v) is 25.3. The van der Waals surface area contributed by atoms with Crippen LogP contribution in [0.2, 0.25) is 0 Å². The molecule has 1 N–H and O–H groups in total. The van der Waals surface area contributed by atoms with E-state index in [0.29, 0.717) is 170 Å². The molecule has 1 heterocycles. The third kappa shape index (κ3) is 21.2. The molecule has 0 saturated carbocycles. The first kappa shape index (κ1) is 60.1. The smallest absolute Gasteiger partial charge is 0.329 e. The molecule has 1 aliphatic rings. The predicted octanol–water partition coefficient (Wildman–Crippen LogP) is 6.15. The Morgan fingerprint density at radius 2 is 1.19 bits per heavy atom. The van der Waals surface area contributed by atoms with Gasteiger partial charge in [0.2, 0.25) is 11.7 Å². The maximum Gasteiger partial charge on any atom is 0.329 e. The number of nitrogens with one attached hydrogen (secondary N) is 1. The zero-order chi connectivity index (χ0) is 52.5. The van der Waals surface area contributed by atoms with Gasteiger partial charge in [-0.3, -0.25) is 9.59 Å². The molecule has 19 nitrogen and oxygen atoms in total. The van der Waals surface area contributed by atoms with Crippen molar-refractivity contribution in [3.63, 3.8) is 0 Å². The van der Waals surface area contributed by atoms with Gasteiger partial charge in [0, 0.05) is 19.7 Å². The van der Waals surface area contributed by atoms with Crippen LogP contribution in [0.3, 0.4) is 0 Å². The van der Waals surface area contributed by atoms with Crippen LogP contribution in [0.25, 0.3) is 0 Å². The van der Waals surface area contributed by atoms with Crippen molar-refractivity contribution in [2.24, 2.45) is 0 Å². The minimum absolute atomic E-state index is 0.185. The lowest BCUT2D eigenvalue weighted by Crippen LogP contribution is -2.50. The molecule has 0 aliphatic carbocycles. The maximum absolute atomic E-state index is 14.5. The third-order valence-electron chi connectivity index (χ3n) is 11.9. The van der Waals surface area contributed by atoms with Gasteiger partial charge in [0.15, 0.2) is 29.6 Å². The Balaban J connectivity index is 1.25. The van der Waals surface area contributed by atoms with Crippen molar-refractivity contribution in [3.05, 3.63) is 71.3 Å². The van der Waals surface area contributed by atoms with E-state index in [0.717, 1.165) is 18.4 Å². The quantitative estimate of drug-likeness (QED) is 0.0504. The van der Waals surface area contributed by atoms with E-state index in [4.69, 9.17) is 66.3 Å². The Labute approximate surface area is 431 Å². The van der Waals surface area contributed by atoms with E-state index in [1.54, 1.807) is 49.5 Å². The molecule has 1 aliphatic heterocycles. The molecular weight excluding hydrogens is 949 g/mol. The average Bonchev–Trinajstić information content (AvgIpc) is 3.42. The van der Waals surface area contributed by atoms with Crippen molar-refractivity contribution in [2.75, 3.05) is 148 Å². The first-order valence-electron chi connectivity index (χ1n) is 25.3. The number of carbonyl (C=O) groups excluding carboxylic acids is 3. The van der Waals surface area contributed by atoms with Gasteiger partial charge < -0.3 is 76.5 Å². The third-order valence-corrected chi connectivity index (χ3v) is 11.9. The topological polar surface area (TPSA) is 196 Å². The molecule has 4 rings (SSSR count). The van der Waals surface area contributed by atoms with Crippen LogP contribution < -0.4 is 33.7 Å². The second-order valence-electron chi connectivity index (χ2n) is 16.7. The monoisotopic (exact) mass is 1030 g/mol. The van der Waals surface area contributed by atoms with Crippen LogP contribution in [0.4, 0.5) is 0 Å². The Morgan fingerprint density at radius 3 is 1.74 bits per heavy atom. The molecule has 0 bridgehead atoms. The Kier molecular flexibility index (Phi) is 29.4. The summed E-state index contributed by atoms with van der Waals surface area (Å²) in [5, 5.41) is 2.80. The van der Waals surface area contributed by atoms with Gasteiger partial charge in [-0.15, -0.1) is 0 Å². The normalized spacial score (nSPS) is 14.2. The molecule has 3 aromatic rings. The van der Waals surface area contributed by atoms with Crippen LogP contribution >= 0.6 is 0 Å². The van der Waals surface area contributed by atoms with Gasteiger partial charge in [0.1, 0.15) is 17.9 Å². The van der Waals surface area contributed by atoms with Crippen molar-refractivity contribution in [2.45, 2.75) is 70.4 Å². The van der Waals surface area contributed by atoms with Crippen LogP contribution in [-0.2, 0) is 58.7 Å². The fourth-order valence-corrected chi connectivity index (χ4v) is 8.07. The number of benzene rings is 3. The number of rotatable bonds is 39. The fourth-order valence-electron chi connectivity index (χ4n) is 8.07. The number of piperidine rings is 1. The SMILES string of the molecule is CCOCCOCCOCCOCCOCCOCCOCCNC(=O)COc1cccc([C@@H](CCc2ccc(OC)c(OC)c2)OC(=O)[C@@H]2CCCCN2C(=O)[C@@H](CC)c2cc(OC)c(OC)c(OC)c2)c1. The fraction of sp³-hybridized carbons (Fsp3) is 0.611. The number of esters is 1. The van der Waals surface area contributed by atoms with Gasteiger partial charge in [0.05, 0.1) is 127 Å². The zero-order valence-electron chi connectivity index (χ0n) is 44.1. The second-order valence-corrected chi connectivity index (χ2v) is 16.7. The summed E-state index contributed by atoms with van der Waals surface area (Å²) >= 11 is 0. The lowest BCUT2D eigenvalue weighted by Gasteiger charge is -2.37. The lowest BCUT2D eigenvalue weighted by atomic mass is 9.91. The highest BCUT2D eigenvalue weighted by molar-refractivity contribution is 5.89. The average molecular weight is 1030 g/mol. The van der Waals surface area contributed by atoms with Gasteiger partial charge in [-0.25, -0.2) is 4.79 Å². The largest absolute Gasteiger partial charge is 0.493 e. The van der Waals surface area contributed by atoms with Gasteiger partial charge >= 0.3 is 5.97 Å². The van der Waals surface area contributed by atoms with Crippen LogP contribution in [-0.4, -0.2) is 176 Å². The number of nitrogens with zero attached hydrogens (tertiary/aromatic N) is 1. The number of amides is 2. The van der Waals surface area contributed by atoms with Crippen LogP contribution in [0, 0.1) is 0 Å². The van der Waals surface area contributed by atoms with Crippen LogP contribution in [0.1, 0.15) is 74.7 Å². The summed E-state index contributed by atoms with van der Waals surface area (Å²) in [5.41, 5.74) is 2.30. The summed E-state index contributed by atoms with van der Waals surface area (Å²) in [7, 11) is 7.75. The molecule has 1 saturated heterocycles. The van der Waals surface area contributed by atoms with Crippen molar-refractivity contribution < 1.29 is 80.7 Å². The summed E-state index contributed by atoms with van der Waals surface area (Å²) in [4.78, 5) is 43.3. The Bertz CT molecular complexity index is 2010. The van der Waals surface area contributed by atoms with Crippen molar-refractivity contribution in [3.8, 4) is 34.5 Å². The molecule has 0 spiro atoms. The molecule has 1 fully saturated rings. The molecule has 2 amide bonds. The van der Waals surface area contributed by atoms with Crippen molar-refractivity contribution in [1.82, 2.24) is 10.2 Å². The number of ether oxygens (including phenoxy) is 14. The Hall–Kier alpha value is -5.41. The highest BCUT2D eigenvalue weighted by Crippen LogP contribution is 2.41. The number of likely N-dealkylation sites (tertiary alicyclic amines) is 1. The molecule has 0 aromatic heterocycles. The van der Waals surface area contributed by atoms with E-state index in [-0.39, 0.29) is 25.0 Å². The summed E-state index contributed by atoms with van der Waals surface area (Å²) in [6.07, 6.45) is 2.61.